The number of benzene rings is 2. The van der Waals surface area contributed by atoms with E-state index in [1.807, 2.05) is 18.2 Å². The van der Waals surface area contributed by atoms with Crippen LogP contribution in [0.3, 0.4) is 0 Å². The smallest absolute Gasteiger partial charge is 0.274 e. The van der Waals surface area contributed by atoms with Gasteiger partial charge in [-0.1, -0.05) is 29.8 Å². The first kappa shape index (κ1) is 16.7. The Morgan fingerprint density at radius 3 is 2.68 bits per heavy atom. The summed E-state index contributed by atoms with van der Waals surface area (Å²) >= 11 is 6.01. The van der Waals surface area contributed by atoms with Crippen LogP contribution in [0.5, 0.6) is 5.75 Å². The molecular weight excluding hydrogens is 340 g/mol. The van der Waals surface area contributed by atoms with Crippen LogP contribution in [0.2, 0.25) is 5.02 Å². The third kappa shape index (κ3) is 4.24. The summed E-state index contributed by atoms with van der Waals surface area (Å²) in [7, 11) is 1.55. The molecule has 0 aliphatic heterocycles. The SMILES string of the molecule is COc1ccc(Cl)cc1Nc1nccc(C(=O)Nc2ccccc2)n1. The standard InChI is InChI=1S/C18H15ClN4O2/c1-25-16-8-7-12(19)11-15(16)23-18-20-10-9-14(22-18)17(24)21-13-5-3-2-4-6-13/h2-11H,1H3,(H,21,24)(H,20,22,23). The van der Waals surface area contributed by atoms with Crippen LogP contribution in [-0.2, 0) is 0 Å². The highest BCUT2D eigenvalue weighted by molar-refractivity contribution is 6.31. The molecule has 0 fully saturated rings. The van der Waals surface area contributed by atoms with Gasteiger partial charge in [0.2, 0.25) is 5.95 Å². The predicted octanol–water partition coefficient (Wildman–Crippen LogP) is 4.13. The van der Waals surface area contributed by atoms with Crippen molar-refractivity contribution in [3.63, 3.8) is 0 Å². The first-order valence-electron chi connectivity index (χ1n) is 7.46. The van der Waals surface area contributed by atoms with Gasteiger partial charge in [0, 0.05) is 16.9 Å². The van der Waals surface area contributed by atoms with Crippen molar-refractivity contribution in [2.45, 2.75) is 0 Å². The highest BCUT2D eigenvalue weighted by Crippen LogP contribution is 2.29. The van der Waals surface area contributed by atoms with E-state index in [0.717, 1.165) is 0 Å². The molecule has 1 aromatic heterocycles. The van der Waals surface area contributed by atoms with E-state index in [4.69, 9.17) is 16.3 Å². The second-order valence-electron chi connectivity index (χ2n) is 5.06. The third-order valence-corrected chi connectivity index (χ3v) is 3.56. The van der Waals surface area contributed by atoms with Crippen LogP contribution in [0.4, 0.5) is 17.3 Å². The zero-order chi connectivity index (χ0) is 17.6. The van der Waals surface area contributed by atoms with Gasteiger partial charge in [-0.25, -0.2) is 9.97 Å². The molecule has 0 radical (unpaired) electrons. The van der Waals surface area contributed by atoms with Gasteiger partial charge in [-0.05, 0) is 36.4 Å². The Morgan fingerprint density at radius 1 is 1.12 bits per heavy atom. The van der Waals surface area contributed by atoms with Gasteiger partial charge in [0.25, 0.3) is 5.91 Å². The van der Waals surface area contributed by atoms with Gasteiger partial charge in [0.1, 0.15) is 11.4 Å². The predicted molar refractivity (Wildman–Crippen MR) is 97.7 cm³/mol. The maximum Gasteiger partial charge on any atom is 0.274 e. The Kier molecular flexibility index (Phi) is 5.11. The average molecular weight is 355 g/mol. The molecule has 2 aromatic carbocycles. The van der Waals surface area contributed by atoms with E-state index in [-0.39, 0.29) is 17.5 Å². The Morgan fingerprint density at radius 2 is 1.92 bits per heavy atom. The fourth-order valence-electron chi connectivity index (χ4n) is 2.16. The zero-order valence-electron chi connectivity index (χ0n) is 13.4. The van der Waals surface area contributed by atoms with Crippen LogP contribution in [0, 0.1) is 0 Å². The van der Waals surface area contributed by atoms with Crippen LogP contribution in [0.1, 0.15) is 10.5 Å². The van der Waals surface area contributed by atoms with Gasteiger partial charge in [0.05, 0.1) is 12.8 Å². The van der Waals surface area contributed by atoms with Crippen molar-refractivity contribution in [3.8, 4) is 5.75 Å². The quantitative estimate of drug-likeness (QED) is 0.720. The summed E-state index contributed by atoms with van der Waals surface area (Å²) in [6.45, 7) is 0. The van der Waals surface area contributed by atoms with Crippen LogP contribution in [0.15, 0.2) is 60.8 Å². The number of amides is 1. The molecule has 3 rings (SSSR count). The summed E-state index contributed by atoms with van der Waals surface area (Å²) in [5.74, 6) is 0.531. The number of hydrogen-bond acceptors (Lipinski definition) is 5. The molecule has 126 valence electrons. The number of para-hydroxylation sites is 1. The average Bonchev–Trinajstić information content (AvgIpc) is 2.63. The monoisotopic (exact) mass is 354 g/mol. The molecule has 0 atom stereocenters. The number of hydrogen-bond donors (Lipinski definition) is 2. The maximum absolute atomic E-state index is 12.3. The topological polar surface area (TPSA) is 76.1 Å². The lowest BCUT2D eigenvalue weighted by Gasteiger charge is -2.11. The van der Waals surface area contributed by atoms with E-state index in [0.29, 0.717) is 22.1 Å². The van der Waals surface area contributed by atoms with E-state index in [9.17, 15) is 4.79 Å². The van der Waals surface area contributed by atoms with Crippen LogP contribution in [-0.4, -0.2) is 23.0 Å². The molecule has 0 aliphatic carbocycles. The lowest BCUT2D eigenvalue weighted by Crippen LogP contribution is -2.14. The molecule has 2 N–H and O–H groups in total. The van der Waals surface area contributed by atoms with Gasteiger partial charge in [0.15, 0.2) is 0 Å². The molecule has 0 aliphatic rings. The largest absolute Gasteiger partial charge is 0.495 e. The van der Waals surface area contributed by atoms with Crippen molar-refractivity contribution in [1.29, 1.82) is 0 Å². The molecule has 3 aromatic rings. The number of ether oxygens (including phenoxy) is 1. The normalized spacial score (nSPS) is 10.2. The van der Waals surface area contributed by atoms with Crippen molar-refractivity contribution in [1.82, 2.24) is 9.97 Å². The summed E-state index contributed by atoms with van der Waals surface area (Å²) in [5.41, 5.74) is 1.54. The van der Waals surface area contributed by atoms with E-state index >= 15 is 0 Å². The third-order valence-electron chi connectivity index (χ3n) is 3.33. The molecule has 0 saturated heterocycles. The number of nitrogens with zero attached hydrogens (tertiary/aromatic N) is 2. The van der Waals surface area contributed by atoms with Gasteiger partial charge in [-0.3, -0.25) is 4.79 Å². The lowest BCUT2D eigenvalue weighted by atomic mass is 10.3. The highest BCUT2D eigenvalue weighted by Gasteiger charge is 2.11. The van der Waals surface area contributed by atoms with Gasteiger partial charge >= 0.3 is 0 Å². The highest BCUT2D eigenvalue weighted by atomic mass is 35.5. The fourth-order valence-corrected chi connectivity index (χ4v) is 2.33. The first-order valence-corrected chi connectivity index (χ1v) is 7.83. The molecule has 0 spiro atoms. The second kappa shape index (κ2) is 7.63. The fraction of sp³-hybridized carbons (Fsp3) is 0.0556. The number of methoxy groups -OCH3 is 1. The molecule has 7 heteroatoms. The number of nitrogens with one attached hydrogen (secondary N) is 2. The number of halogens is 1. The zero-order valence-corrected chi connectivity index (χ0v) is 14.1. The minimum atomic E-state index is -0.324. The molecule has 1 heterocycles. The molecule has 6 nitrogen and oxygen atoms in total. The minimum Gasteiger partial charge on any atom is -0.495 e. The summed E-state index contributed by atoms with van der Waals surface area (Å²) < 4.78 is 5.27. The number of rotatable bonds is 5. The summed E-state index contributed by atoms with van der Waals surface area (Å²) in [5, 5.41) is 6.33. The van der Waals surface area contributed by atoms with Crippen LogP contribution >= 0.6 is 11.6 Å². The molecule has 0 saturated carbocycles. The number of carbonyl (C=O) groups excluding carboxylic acids is 1. The molecule has 0 unspecified atom stereocenters. The molecule has 0 bridgehead atoms. The van der Waals surface area contributed by atoms with Crippen molar-refractivity contribution in [3.05, 3.63) is 71.5 Å². The van der Waals surface area contributed by atoms with Crippen LogP contribution < -0.4 is 15.4 Å². The van der Waals surface area contributed by atoms with Crippen LogP contribution in [0.25, 0.3) is 0 Å². The van der Waals surface area contributed by atoms with Crippen molar-refractivity contribution in [2.24, 2.45) is 0 Å². The maximum atomic E-state index is 12.3. The first-order chi connectivity index (χ1) is 12.2. The Balaban J connectivity index is 1.80. The second-order valence-corrected chi connectivity index (χ2v) is 5.49. The Hall–Kier alpha value is -3.12. The Labute approximate surface area is 149 Å². The summed E-state index contributed by atoms with van der Waals surface area (Å²) in [4.78, 5) is 20.7. The number of anilines is 3. The van der Waals surface area contributed by atoms with Crippen molar-refractivity contribution in [2.75, 3.05) is 17.7 Å². The summed E-state index contributed by atoms with van der Waals surface area (Å²) in [6.07, 6.45) is 1.51. The van der Waals surface area contributed by atoms with Crippen molar-refractivity contribution >= 4 is 34.8 Å². The van der Waals surface area contributed by atoms with Gasteiger partial charge in [-0.15, -0.1) is 0 Å². The van der Waals surface area contributed by atoms with E-state index < -0.39 is 0 Å². The summed E-state index contributed by atoms with van der Waals surface area (Å²) in [6, 6.07) is 15.8. The van der Waals surface area contributed by atoms with E-state index in [1.54, 1.807) is 43.5 Å². The lowest BCUT2D eigenvalue weighted by molar-refractivity contribution is 0.102. The number of aromatic nitrogens is 2. The van der Waals surface area contributed by atoms with Gasteiger partial charge in [-0.2, -0.15) is 0 Å². The van der Waals surface area contributed by atoms with Crippen molar-refractivity contribution < 1.29 is 9.53 Å². The van der Waals surface area contributed by atoms with Gasteiger partial charge < -0.3 is 15.4 Å². The molecular formula is C18H15ClN4O2. The minimum absolute atomic E-state index is 0.238. The molecule has 1 amide bonds. The number of carbonyl (C=O) groups is 1. The molecule has 25 heavy (non-hydrogen) atoms. The van der Waals surface area contributed by atoms with E-state index in [2.05, 4.69) is 20.6 Å². The van der Waals surface area contributed by atoms with E-state index in [1.165, 1.54) is 6.20 Å². The Bertz CT molecular complexity index is 887.